The number of nitrogens with two attached hydrogens (primary N) is 2. The molecule has 13 aromatic rings. The van der Waals surface area contributed by atoms with E-state index < -0.39 is 0 Å². The number of fused-ring (bicyclic) bond motifs is 3. The van der Waals surface area contributed by atoms with Crippen molar-refractivity contribution in [1.82, 2.24) is 54.7 Å². The summed E-state index contributed by atoms with van der Waals surface area (Å²) >= 11 is 18.0. The van der Waals surface area contributed by atoms with Crippen LogP contribution in [0.25, 0.3) is 33.4 Å². The number of nitrogens with zero attached hydrogens (tertiary/aromatic N) is 8. The highest BCUT2D eigenvalue weighted by atomic mass is 35.5. The zero-order chi connectivity index (χ0) is 82.1. The number of rotatable bonds is 14. The van der Waals surface area contributed by atoms with E-state index in [-0.39, 0.29) is 6.09 Å². The fraction of sp³-hybridized carbons (Fsp3) is 0.284. The van der Waals surface area contributed by atoms with Crippen LogP contribution in [0.1, 0.15) is 139 Å². The van der Waals surface area contributed by atoms with Crippen LogP contribution in [0, 0.1) is 13.8 Å². The van der Waals surface area contributed by atoms with Crippen LogP contribution in [-0.2, 0) is 43.5 Å². The van der Waals surface area contributed by atoms with Crippen LogP contribution in [0.2, 0.25) is 15.1 Å². The number of anilines is 1. The molecule has 602 valence electrons. The molecule has 20 heteroatoms. The van der Waals surface area contributed by atoms with Crippen LogP contribution in [0.4, 0.5) is 10.6 Å². The zero-order valence-electron chi connectivity index (χ0n) is 68.1. The molecule has 3 aliphatic rings. The topological polar surface area (TPSA) is 225 Å². The molecule has 2 fully saturated rings. The molecule has 1 atom stereocenters. The molecule has 6 aromatic heterocycles. The lowest BCUT2D eigenvalue weighted by Crippen LogP contribution is -2.36. The van der Waals surface area contributed by atoms with Gasteiger partial charge >= 0.3 is 6.09 Å². The van der Waals surface area contributed by atoms with E-state index in [9.17, 15) is 4.79 Å². The minimum Gasteiger partial charge on any atom is -0.497 e. The summed E-state index contributed by atoms with van der Waals surface area (Å²) in [5.74, 6) is 3.29. The molecule has 17 nitrogen and oxygen atoms in total. The van der Waals surface area contributed by atoms with Gasteiger partial charge in [-0.25, -0.2) is 24.7 Å². The molecule has 1 aliphatic carbocycles. The molecule has 0 saturated carbocycles. The van der Waals surface area contributed by atoms with Gasteiger partial charge in [-0.1, -0.05) is 208 Å². The Kier molecular flexibility index (Phi) is 38.2. The van der Waals surface area contributed by atoms with Gasteiger partial charge in [0.15, 0.2) is 0 Å². The quantitative estimate of drug-likeness (QED) is 0.0598. The SMILES string of the molecule is C=C(C)c1cc2cc(Cl)ccc2[nH]1.CC.CC(c1ccccc1)c1ccc(Cl)cc1.CN(Cc1ccccc1)c1ccccn1.COC(=O)N1CCC(=C2c3ccc(Cl)cc3CCc3cccnc32)CC1.COc1cccc(CN2CCCCC2)c1.Cc1[nH]cnc1CCN.Cc1cnc[nH]1.NCCc1cnc(-c2ccccc2)[nH]1. The van der Waals surface area contributed by atoms with Gasteiger partial charge in [-0.2, -0.15) is 0 Å². The number of amides is 1. The Morgan fingerprint density at radius 1 is 0.609 bits per heavy atom. The minimum absolute atomic E-state index is 0.249. The smallest absolute Gasteiger partial charge is 0.409 e. The number of hydrogen-bond acceptors (Lipinski definition) is 12. The number of nitrogens with one attached hydrogen (secondary N) is 4. The molecule has 2 saturated heterocycles. The number of H-pyrrole nitrogens is 4. The van der Waals surface area contributed by atoms with Gasteiger partial charge in [0.1, 0.15) is 17.4 Å². The van der Waals surface area contributed by atoms with Crippen molar-refractivity contribution in [3.05, 3.63) is 350 Å². The Bertz CT molecular complexity index is 4960. The lowest BCUT2D eigenvalue weighted by atomic mass is 9.88. The number of aromatic nitrogens is 9. The third-order valence-electron chi connectivity index (χ3n) is 19.3. The summed E-state index contributed by atoms with van der Waals surface area (Å²) in [6.07, 6.45) is 19.8. The number of methoxy groups -OCH3 is 2. The van der Waals surface area contributed by atoms with Crippen molar-refractivity contribution in [1.29, 1.82) is 0 Å². The summed E-state index contributed by atoms with van der Waals surface area (Å²) in [4.78, 5) is 51.8. The summed E-state index contributed by atoms with van der Waals surface area (Å²) in [5, 5.41) is 3.46. The average molecular weight is 1610 g/mol. The van der Waals surface area contributed by atoms with Crippen LogP contribution in [0.3, 0.4) is 0 Å². The number of halogens is 3. The second kappa shape index (κ2) is 49.0. The Morgan fingerprint density at radius 3 is 1.88 bits per heavy atom. The number of pyridine rings is 2. The number of carbonyl (C=O) groups excluding carboxylic acids is 1. The monoisotopic (exact) mass is 1600 g/mol. The largest absolute Gasteiger partial charge is 0.497 e. The fourth-order valence-corrected chi connectivity index (χ4v) is 13.6. The lowest BCUT2D eigenvalue weighted by molar-refractivity contribution is 0.120. The molecule has 0 bridgehead atoms. The highest BCUT2D eigenvalue weighted by Crippen LogP contribution is 2.39. The minimum atomic E-state index is -0.249. The number of imidazole rings is 3. The normalized spacial score (nSPS) is 12.7. The highest BCUT2D eigenvalue weighted by Gasteiger charge is 2.27. The van der Waals surface area contributed by atoms with E-state index in [2.05, 4.69) is 173 Å². The summed E-state index contributed by atoms with van der Waals surface area (Å²) in [7, 11) is 5.21. The van der Waals surface area contributed by atoms with E-state index in [1.807, 2.05) is 162 Å². The van der Waals surface area contributed by atoms with Gasteiger partial charge in [0.05, 0.1) is 38.3 Å². The van der Waals surface area contributed by atoms with Gasteiger partial charge < -0.3 is 50.7 Å². The molecule has 0 radical (unpaired) electrons. The number of ether oxygens (including phenoxy) is 2. The molecule has 7 aromatic carbocycles. The number of aromatic amines is 4. The third kappa shape index (κ3) is 29.5. The van der Waals surface area contributed by atoms with Crippen molar-refractivity contribution in [3.8, 4) is 17.1 Å². The van der Waals surface area contributed by atoms with Gasteiger partial charge in [-0.15, -0.1) is 0 Å². The Morgan fingerprint density at radius 2 is 1.25 bits per heavy atom. The van der Waals surface area contributed by atoms with Gasteiger partial charge in [-0.05, 0) is 209 Å². The van der Waals surface area contributed by atoms with Crippen molar-refractivity contribution in [2.24, 2.45) is 11.5 Å². The van der Waals surface area contributed by atoms with E-state index in [1.165, 1.54) is 89.6 Å². The summed E-state index contributed by atoms with van der Waals surface area (Å²) < 4.78 is 10.1. The fourth-order valence-electron chi connectivity index (χ4n) is 13.1. The van der Waals surface area contributed by atoms with Crippen molar-refractivity contribution in [3.63, 3.8) is 0 Å². The first-order valence-electron chi connectivity index (χ1n) is 39.5. The van der Waals surface area contributed by atoms with Crippen LogP contribution in [-0.4, -0.2) is 121 Å². The van der Waals surface area contributed by atoms with E-state index in [0.29, 0.717) is 32.1 Å². The maximum absolute atomic E-state index is 11.8. The van der Waals surface area contributed by atoms with Crippen LogP contribution >= 0.6 is 34.8 Å². The molecule has 115 heavy (non-hydrogen) atoms. The number of hydrogen-bond donors (Lipinski definition) is 6. The van der Waals surface area contributed by atoms with Gasteiger partial charge in [-0.3, -0.25) is 9.88 Å². The summed E-state index contributed by atoms with van der Waals surface area (Å²) in [6.45, 7) is 23.2. The van der Waals surface area contributed by atoms with Gasteiger partial charge in [0.2, 0.25) is 0 Å². The molecular weight excluding hydrogens is 1490 g/mol. The maximum Gasteiger partial charge on any atom is 0.409 e. The number of benzene rings is 7. The molecule has 1 amide bonds. The van der Waals surface area contributed by atoms with Crippen LogP contribution < -0.4 is 21.1 Å². The van der Waals surface area contributed by atoms with Crippen molar-refractivity contribution in [2.45, 2.75) is 118 Å². The Hall–Kier alpha value is -10.9. The maximum atomic E-state index is 11.8. The lowest BCUT2D eigenvalue weighted by Gasteiger charge is -2.29. The van der Waals surface area contributed by atoms with Gasteiger partial charge in [0, 0.05) is 137 Å². The van der Waals surface area contributed by atoms with Gasteiger partial charge in [0.25, 0.3) is 0 Å². The molecule has 16 rings (SSSR count). The first-order valence-corrected chi connectivity index (χ1v) is 40.6. The molecule has 1 unspecified atom stereocenters. The summed E-state index contributed by atoms with van der Waals surface area (Å²) in [6, 6.07) is 71.5. The van der Waals surface area contributed by atoms with E-state index in [1.54, 1.807) is 30.9 Å². The first kappa shape index (κ1) is 89.7. The Balaban J connectivity index is 0.000000168. The predicted molar refractivity (Wildman–Crippen MR) is 478 cm³/mol. The molecular formula is C95H113Cl3N14O3. The number of likely N-dealkylation sites (tertiary alicyclic amines) is 2. The third-order valence-corrected chi connectivity index (χ3v) is 20.0. The zero-order valence-corrected chi connectivity index (χ0v) is 70.3. The second-order valence-corrected chi connectivity index (χ2v) is 29.1. The van der Waals surface area contributed by atoms with Crippen molar-refractivity contribution in [2.75, 3.05) is 65.4 Å². The highest BCUT2D eigenvalue weighted by molar-refractivity contribution is 6.31. The van der Waals surface area contributed by atoms with E-state index >= 15 is 0 Å². The summed E-state index contributed by atoms with van der Waals surface area (Å²) in [5.41, 5.74) is 32.2. The molecule has 2 aliphatic heterocycles. The number of carbonyl (C=O) groups is 1. The second-order valence-electron chi connectivity index (χ2n) is 27.8. The number of piperidine rings is 2. The number of allylic oxidation sites excluding steroid dienone is 1. The van der Waals surface area contributed by atoms with Crippen LogP contribution in [0.15, 0.2) is 262 Å². The number of aryl methyl sites for hydroxylation is 4. The predicted octanol–water partition coefficient (Wildman–Crippen LogP) is 21.8. The first-order chi connectivity index (χ1) is 56.0. The van der Waals surface area contributed by atoms with E-state index in [4.69, 9.17) is 60.7 Å². The van der Waals surface area contributed by atoms with Crippen molar-refractivity contribution < 1.29 is 14.3 Å². The average Bonchev–Trinajstić information content (AvgIpc) is 1.71. The van der Waals surface area contributed by atoms with Crippen molar-refractivity contribution >= 4 is 68.8 Å². The molecule has 0 spiro atoms. The molecule has 8 heterocycles. The molecule has 8 N–H and O–H groups in total. The van der Waals surface area contributed by atoms with Crippen LogP contribution in [0.5, 0.6) is 5.75 Å². The van der Waals surface area contributed by atoms with E-state index in [0.717, 1.165) is 140 Å². The standard InChI is InChI=1S/C21H21ClN2O2.C14H13Cl.C13H14N2.C13H19NO.C11H10ClN.C11H13N3.C6H11N3.C4H6N2.C2H6/c1-26-21(25)24-11-8-14(9-12-24)19-18-7-6-17(22)13-16(18)5-4-15-3-2-10-23-20(15)19;1-11(12-5-3-2-4-6-12)13-7-9-14(15)10-8-13;1-15(13-9-5-6-10-14-13)11-12-7-3-2-4-8-12;1-15-13-7-5-6-12(10-13)11-14-8-3-2-4-9-14;1-7(2)11-6-8-5-9(12)3-4-10(8)13-11;12-7-6-10-8-13-11(14-10)9-4-2-1-3-5-9;1-5-6(2-3-7)9-4-8-5;1-4-2-5-3-6-4;1-2/h2-3,6-7,10,13H,4-5,8-9,11-12H2,1H3;2-11H,1H3;2-10H,11H2,1H3;5-7,10H,2-4,8-9,11H2,1H3;3-6,13H,1H2,2H3;1-5,8H,6-7,12H2,(H,13,14);4H,2-3,7H2,1H3,(H,8,9);2-3H,1H3,(H,5,6);1-2H3. The Labute approximate surface area is 695 Å².